The maximum Gasteiger partial charge on any atom is 0.0687 e. The van der Waals surface area contributed by atoms with E-state index in [-0.39, 0.29) is 5.60 Å². The van der Waals surface area contributed by atoms with Crippen LogP contribution in [0.25, 0.3) is 0 Å². The fourth-order valence-electron chi connectivity index (χ4n) is 3.79. The number of hydrogen-bond acceptors (Lipinski definition) is 1. The predicted molar refractivity (Wildman–Crippen MR) is 84.8 cm³/mol. The predicted octanol–water partition coefficient (Wildman–Crippen LogP) is 5.54. The summed E-state index contributed by atoms with van der Waals surface area (Å²) in [6.45, 7) is 0. The molecule has 1 aromatic rings. The van der Waals surface area contributed by atoms with E-state index >= 15 is 0 Å². The highest BCUT2D eigenvalue weighted by atomic mass is 35.5. The van der Waals surface area contributed by atoms with Gasteiger partial charge in [-0.25, -0.2) is 0 Å². The lowest BCUT2D eigenvalue weighted by molar-refractivity contribution is -0.0405. The van der Waals surface area contributed by atoms with Gasteiger partial charge >= 0.3 is 0 Å². The normalized spacial score (nSPS) is 26.2. The topological polar surface area (TPSA) is 9.23 Å². The Morgan fingerprint density at radius 1 is 1.15 bits per heavy atom. The van der Waals surface area contributed by atoms with Gasteiger partial charge in [-0.05, 0) is 55.7 Å². The number of ether oxygens (including phenoxy) is 1. The summed E-state index contributed by atoms with van der Waals surface area (Å²) < 4.78 is 6.40. The minimum atomic E-state index is 0.224. The third-order valence-corrected chi connectivity index (χ3v) is 5.55. The zero-order valence-corrected chi connectivity index (χ0v) is 13.3. The van der Waals surface area contributed by atoms with Crippen molar-refractivity contribution in [3.05, 3.63) is 34.9 Å². The van der Waals surface area contributed by atoms with Crippen molar-refractivity contribution in [3.63, 3.8) is 0 Å². The van der Waals surface area contributed by atoms with E-state index in [1.807, 2.05) is 12.1 Å². The lowest BCUT2D eigenvalue weighted by Crippen LogP contribution is -2.25. The Labute approximate surface area is 131 Å². The molecule has 2 aliphatic rings. The third kappa shape index (κ3) is 3.16. The van der Waals surface area contributed by atoms with Crippen molar-refractivity contribution in [2.75, 3.05) is 5.88 Å². The van der Waals surface area contributed by atoms with Crippen molar-refractivity contribution in [1.29, 1.82) is 0 Å². The highest BCUT2D eigenvalue weighted by Crippen LogP contribution is 2.45. The Bertz CT molecular complexity index is 437. The second-order valence-corrected chi connectivity index (χ2v) is 7.05. The van der Waals surface area contributed by atoms with Gasteiger partial charge in [-0.15, -0.1) is 11.6 Å². The van der Waals surface area contributed by atoms with Gasteiger partial charge < -0.3 is 4.74 Å². The second kappa shape index (κ2) is 6.25. The van der Waals surface area contributed by atoms with Crippen molar-refractivity contribution in [2.45, 2.75) is 62.6 Å². The Hall–Kier alpha value is -0.240. The maximum atomic E-state index is 6.40. The quantitative estimate of drug-likeness (QED) is 0.663. The van der Waals surface area contributed by atoms with E-state index in [0.29, 0.717) is 17.9 Å². The number of rotatable bonds is 4. The Morgan fingerprint density at radius 3 is 2.50 bits per heavy atom. The van der Waals surface area contributed by atoms with Crippen molar-refractivity contribution in [1.82, 2.24) is 0 Å². The van der Waals surface area contributed by atoms with Gasteiger partial charge in [0.1, 0.15) is 0 Å². The first-order valence-electron chi connectivity index (χ1n) is 7.70. The van der Waals surface area contributed by atoms with E-state index < -0.39 is 0 Å². The average Bonchev–Trinajstić information content (AvgIpc) is 3.08. The molecule has 20 heavy (non-hydrogen) atoms. The van der Waals surface area contributed by atoms with Gasteiger partial charge in [0.05, 0.1) is 11.7 Å². The van der Waals surface area contributed by atoms with Crippen LogP contribution in [0.2, 0.25) is 5.02 Å². The summed E-state index contributed by atoms with van der Waals surface area (Å²) in [6, 6.07) is 8.08. The molecule has 1 heterocycles. The molecule has 3 heteroatoms. The minimum Gasteiger partial charge on any atom is -0.372 e. The molecular weight excluding hydrogens is 291 g/mol. The smallest absolute Gasteiger partial charge is 0.0687 e. The molecule has 2 atom stereocenters. The van der Waals surface area contributed by atoms with Gasteiger partial charge in [-0.2, -0.15) is 0 Å². The molecule has 1 saturated carbocycles. The molecule has 2 fully saturated rings. The molecule has 110 valence electrons. The van der Waals surface area contributed by atoms with Gasteiger partial charge in [0.15, 0.2) is 0 Å². The van der Waals surface area contributed by atoms with Crippen LogP contribution in [-0.4, -0.2) is 17.6 Å². The fraction of sp³-hybridized carbons (Fsp3) is 0.647. The molecule has 1 nitrogen and oxygen atoms in total. The second-order valence-electron chi connectivity index (χ2n) is 6.31. The van der Waals surface area contributed by atoms with Gasteiger partial charge in [0.2, 0.25) is 0 Å². The van der Waals surface area contributed by atoms with Crippen molar-refractivity contribution in [3.8, 4) is 0 Å². The fourth-order valence-corrected chi connectivity index (χ4v) is 4.22. The zero-order valence-electron chi connectivity index (χ0n) is 11.8. The van der Waals surface area contributed by atoms with Crippen molar-refractivity contribution in [2.24, 2.45) is 0 Å². The SMILES string of the molecule is ClCC(CC1CCC2(CCCC2)O1)c1ccc(Cl)cc1. The summed E-state index contributed by atoms with van der Waals surface area (Å²) in [5.41, 5.74) is 1.50. The molecule has 1 spiro atoms. The molecule has 0 aromatic heterocycles. The van der Waals surface area contributed by atoms with E-state index in [1.54, 1.807) is 0 Å². The summed E-state index contributed by atoms with van der Waals surface area (Å²) in [4.78, 5) is 0. The highest BCUT2D eigenvalue weighted by molar-refractivity contribution is 6.30. The van der Waals surface area contributed by atoms with Gasteiger partial charge in [-0.1, -0.05) is 36.6 Å². The maximum absolute atomic E-state index is 6.40. The summed E-state index contributed by atoms with van der Waals surface area (Å²) in [6.07, 6.45) is 9.05. The molecule has 1 aliphatic heterocycles. The first-order chi connectivity index (χ1) is 9.71. The largest absolute Gasteiger partial charge is 0.372 e. The molecular formula is C17H22Cl2O. The first kappa shape index (κ1) is 14.7. The minimum absolute atomic E-state index is 0.224. The van der Waals surface area contributed by atoms with E-state index in [2.05, 4.69) is 12.1 Å². The molecule has 1 aliphatic carbocycles. The van der Waals surface area contributed by atoms with Crippen LogP contribution in [0.3, 0.4) is 0 Å². The molecule has 1 saturated heterocycles. The standard InChI is InChI=1S/C17H22Cl2O/c18-12-14(13-3-5-15(19)6-4-13)11-16-7-10-17(20-16)8-1-2-9-17/h3-6,14,16H,1-2,7-12H2. The van der Waals surface area contributed by atoms with Gasteiger partial charge in [0, 0.05) is 10.9 Å². The zero-order chi connectivity index (χ0) is 14.0. The van der Waals surface area contributed by atoms with Crippen LogP contribution in [-0.2, 0) is 4.74 Å². The number of halogens is 2. The lowest BCUT2D eigenvalue weighted by Gasteiger charge is -2.25. The Kier molecular flexibility index (Phi) is 4.59. The molecule has 0 amide bonds. The third-order valence-electron chi connectivity index (χ3n) is 4.93. The molecule has 0 bridgehead atoms. The monoisotopic (exact) mass is 312 g/mol. The Morgan fingerprint density at radius 2 is 1.85 bits per heavy atom. The number of alkyl halides is 1. The van der Waals surface area contributed by atoms with Crippen LogP contribution >= 0.6 is 23.2 Å². The Balaban J connectivity index is 1.62. The van der Waals surface area contributed by atoms with Crippen LogP contribution < -0.4 is 0 Å². The van der Waals surface area contributed by atoms with Crippen LogP contribution in [0, 0.1) is 0 Å². The van der Waals surface area contributed by atoms with Crippen LogP contribution in [0.5, 0.6) is 0 Å². The first-order valence-corrected chi connectivity index (χ1v) is 8.61. The lowest BCUT2D eigenvalue weighted by atomic mass is 9.93. The molecule has 0 radical (unpaired) electrons. The summed E-state index contributed by atoms with van der Waals surface area (Å²) in [5.74, 6) is 1.02. The van der Waals surface area contributed by atoms with Crippen molar-refractivity contribution >= 4 is 23.2 Å². The van der Waals surface area contributed by atoms with Crippen LogP contribution in [0.4, 0.5) is 0 Å². The van der Waals surface area contributed by atoms with Crippen LogP contribution in [0.15, 0.2) is 24.3 Å². The van der Waals surface area contributed by atoms with E-state index in [0.717, 1.165) is 11.4 Å². The van der Waals surface area contributed by atoms with Gasteiger partial charge in [0.25, 0.3) is 0 Å². The average molecular weight is 313 g/mol. The van der Waals surface area contributed by atoms with Gasteiger partial charge in [-0.3, -0.25) is 0 Å². The summed E-state index contributed by atoms with van der Waals surface area (Å²) >= 11 is 12.1. The number of hydrogen-bond donors (Lipinski definition) is 0. The highest BCUT2D eigenvalue weighted by Gasteiger charge is 2.42. The van der Waals surface area contributed by atoms with E-state index in [4.69, 9.17) is 27.9 Å². The summed E-state index contributed by atoms with van der Waals surface area (Å²) in [5, 5.41) is 0.782. The van der Waals surface area contributed by atoms with Crippen molar-refractivity contribution < 1.29 is 4.74 Å². The molecule has 3 rings (SSSR count). The molecule has 2 unspecified atom stereocenters. The van der Waals surface area contributed by atoms with E-state index in [9.17, 15) is 0 Å². The number of benzene rings is 1. The van der Waals surface area contributed by atoms with Crippen LogP contribution in [0.1, 0.15) is 56.4 Å². The van der Waals surface area contributed by atoms with E-state index in [1.165, 1.54) is 44.1 Å². The molecule has 1 aromatic carbocycles. The molecule has 0 N–H and O–H groups in total. The summed E-state index contributed by atoms with van der Waals surface area (Å²) in [7, 11) is 0.